The van der Waals surface area contributed by atoms with E-state index in [0.29, 0.717) is 5.69 Å². The third-order valence-electron chi connectivity index (χ3n) is 3.36. The minimum absolute atomic E-state index is 0.0126. The maximum atomic E-state index is 12.7. The molecule has 2 nitrogen and oxygen atoms in total. The molecule has 0 unspecified atom stereocenters. The van der Waals surface area contributed by atoms with Gasteiger partial charge in [-0.1, -0.05) is 6.92 Å². The molecule has 0 bridgehead atoms. The third kappa shape index (κ3) is 2.87. The highest BCUT2D eigenvalue weighted by Gasteiger charge is 2.18. The molecule has 2 rings (SSSR count). The number of benzene rings is 1. The minimum Gasteiger partial charge on any atom is -0.399 e. The number of hydrogen-bond donors (Lipinski definition) is 1. The summed E-state index contributed by atoms with van der Waals surface area (Å²) in [7, 11) is 0. The molecule has 0 amide bonds. The fraction of sp³-hybridized carbons (Fsp3) is 0.538. The Kier molecular flexibility index (Phi) is 3.50. The van der Waals surface area contributed by atoms with Gasteiger partial charge in [0.2, 0.25) is 0 Å². The molecule has 0 atom stereocenters. The molecule has 2 N–H and O–H groups in total. The second-order valence-corrected chi connectivity index (χ2v) is 4.83. The van der Waals surface area contributed by atoms with Crippen molar-refractivity contribution < 1.29 is 8.78 Å². The van der Waals surface area contributed by atoms with Gasteiger partial charge in [0, 0.05) is 30.0 Å². The second-order valence-electron chi connectivity index (χ2n) is 4.83. The summed E-state index contributed by atoms with van der Waals surface area (Å²) in [6, 6.07) is 4.68. The van der Waals surface area contributed by atoms with E-state index < -0.39 is 6.43 Å². The van der Waals surface area contributed by atoms with Gasteiger partial charge in [0.25, 0.3) is 6.43 Å². The maximum Gasteiger partial charge on any atom is 0.263 e. The van der Waals surface area contributed by atoms with Crippen molar-refractivity contribution in [3.8, 4) is 0 Å². The number of nitrogens with zero attached hydrogens (tertiary/aromatic N) is 1. The molecule has 0 aliphatic carbocycles. The molecule has 1 aliphatic heterocycles. The van der Waals surface area contributed by atoms with Gasteiger partial charge in [-0.2, -0.15) is 0 Å². The Morgan fingerprint density at radius 3 is 2.47 bits per heavy atom. The number of nitrogens with two attached hydrogens (primary N) is 1. The van der Waals surface area contributed by atoms with Gasteiger partial charge in [-0.25, -0.2) is 8.78 Å². The zero-order valence-corrected chi connectivity index (χ0v) is 10.00. The fourth-order valence-electron chi connectivity index (χ4n) is 2.23. The highest BCUT2D eigenvalue weighted by atomic mass is 19.3. The minimum atomic E-state index is -2.46. The van der Waals surface area contributed by atoms with Crippen LogP contribution in [0.1, 0.15) is 31.8 Å². The van der Waals surface area contributed by atoms with E-state index in [-0.39, 0.29) is 5.56 Å². The molecule has 4 heteroatoms. The number of piperidine rings is 1. The average Bonchev–Trinajstić information content (AvgIpc) is 2.29. The summed E-state index contributed by atoms with van der Waals surface area (Å²) in [6.45, 7) is 4.07. The lowest BCUT2D eigenvalue weighted by Crippen LogP contribution is -2.32. The predicted octanol–water partition coefficient (Wildman–Crippen LogP) is 3.44. The molecule has 1 saturated heterocycles. The summed E-state index contributed by atoms with van der Waals surface area (Å²) in [4.78, 5) is 2.14. The van der Waals surface area contributed by atoms with Gasteiger partial charge in [0.15, 0.2) is 0 Å². The van der Waals surface area contributed by atoms with Crippen molar-refractivity contribution >= 4 is 11.4 Å². The topological polar surface area (TPSA) is 29.3 Å². The lowest BCUT2D eigenvalue weighted by molar-refractivity contribution is 0.151. The number of rotatable bonds is 2. The quantitative estimate of drug-likeness (QED) is 0.802. The van der Waals surface area contributed by atoms with E-state index in [4.69, 9.17) is 5.73 Å². The van der Waals surface area contributed by atoms with Crippen LogP contribution < -0.4 is 10.6 Å². The maximum absolute atomic E-state index is 12.7. The first-order chi connectivity index (χ1) is 8.06. The molecule has 1 aromatic rings. The standard InChI is InChI=1S/C13H18F2N2/c1-9-2-4-17(5-3-9)12-7-10(13(14)15)6-11(16)8-12/h6-9,13H,2-5,16H2,1H3. The van der Waals surface area contributed by atoms with E-state index in [1.807, 2.05) is 0 Å². The summed E-state index contributed by atoms with van der Waals surface area (Å²) in [5.41, 5.74) is 6.92. The van der Waals surface area contributed by atoms with Crippen LogP contribution in [0.2, 0.25) is 0 Å². The summed E-state index contributed by atoms with van der Waals surface area (Å²) in [5.74, 6) is 0.724. The monoisotopic (exact) mass is 240 g/mol. The Morgan fingerprint density at radius 1 is 1.24 bits per heavy atom. The first-order valence-electron chi connectivity index (χ1n) is 6.00. The van der Waals surface area contributed by atoms with E-state index in [0.717, 1.165) is 37.5 Å². The van der Waals surface area contributed by atoms with E-state index in [2.05, 4.69) is 11.8 Å². The molecule has 0 spiro atoms. The van der Waals surface area contributed by atoms with Gasteiger partial charge in [-0.05, 0) is 37.0 Å². The third-order valence-corrected chi connectivity index (χ3v) is 3.36. The number of nitrogen functional groups attached to an aromatic ring is 1. The van der Waals surface area contributed by atoms with Gasteiger partial charge < -0.3 is 10.6 Å². The molecule has 17 heavy (non-hydrogen) atoms. The molecule has 0 radical (unpaired) electrons. The largest absolute Gasteiger partial charge is 0.399 e. The normalized spacial score (nSPS) is 17.8. The van der Waals surface area contributed by atoms with Gasteiger partial charge in [-0.15, -0.1) is 0 Å². The van der Waals surface area contributed by atoms with Crippen molar-refractivity contribution in [3.63, 3.8) is 0 Å². The molecule has 94 valence electrons. The zero-order chi connectivity index (χ0) is 12.4. The van der Waals surface area contributed by atoms with Crippen LogP contribution in [0, 0.1) is 5.92 Å². The highest BCUT2D eigenvalue weighted by molar-refractivity contribution is 5.59. The van der Waals surface area contributed by atoms with E-state index >= 15 is 0 Å². The zero-order valence-electron chi connectivity index (χ0n) is 10.00. The van der Waals surface area contributed by atoms with Crippen LogP contribution in [0.4, 0.5) is 20.2 Å². The number of alkyl halides is 2. The Balaban J connectivity index is 2.20. The lowest BCUT2D eigenvalue weighted by Gasteiger charge is -2.32. The van der Waals surface area contributed by atoms with E-state index in [1.54, 1.807) is 12.1 Å². The van der Waals surface area contributed by atoms with Crippen LogP contribution in [0.5, 0.6) is 0 Å². The Hall–Kier alpha value is -1.32. The molecular formula is C13H18F2N2. The van der Waals surface area contributed by atoms with Gasteiger partial charge >= 0.3 is 0 Å². The molecular weight excluding hydrogens is 222 g/mol. The van der Waals surface area contributed by atoms with Crippen molar-refractivity contribution in [3.05, 3.63) is 23.8 Å². The van der Waals surface area contributed by atoms with Crippen LogP contribution in [-0.2, 0) is 0 Å². The van der Waals surface area contributed by atoms with Gasteiger partial charge in [0.05, 0.1) is 0 Å². The Labute approximate surface area is 100 Å². The van der Waals surface area contributed by atoms with Crippen molar-refractivity contribution in [2.75, 3.05) is 23.7 Å². The molecule has 0 aromatic heterocycles. The Bertz CT molecular complexity index is 385. The predicted molar refractivity (Wildman–Crippen MR) is 66.4 cm³/mol. The van der Waals surface area contributed by atoms with Crippen LogP contribution in [0.15, 0.2) is 18.2 Å². The number of hydrogen-bond acceptors (Lipinski definition) is 2. The van der Waals surface area contributed by atoms with Crippen molar-refractivity contribution in [2.24, 2.45) is 5.92 Å². The van der Waals surface area contributed by atoms with E-state index in [1.165, 1.54) is 6.07 Å². The Morgan fingerprint density at radius 2 is 1.88 bits per heavy atom. The van der Waals surface area contributed by atoms with Crippen molar-refractivity contribution in [1.82, 2.24) is 0 Å². The summed E-state index contributed by atoms with van der Waals surface area (Å²) in [6.07, 6.45) is -0.238. The molecule has 1 aliphatic rings. The summed E-state index contributed by atoms with van der Waals surface area (Å²) < 4.78 is 25.4. The SMILES string of the molecule is CC1CCN(c2cc(N)cc(C(F)F)c2)CC1. The van der Waals surface area contributed by atoms with Crippen LogP contribution in [0.25, 0.3) is 0 Å². The first-order valence-corrected chi connectivity index (χ1v) is 6.00. The van der Waals surface area contributed by atoms with Gasteiger partial charge in [0.1, 0.15) is 0 Å². The average molecular weight is 240 g/mol. The van der Waals surface area contributed by atoms with Crippen LogP contribution in [0.3, 0.4) is 0 Å². The number of anilines is 2. The summed E-state index contributed by atoms with van der Waals surface area (Å²) in [5, 5.41) is 0. The highest BCUT2D eigenvalue weighted by Crippen LogP contribution is 2.29. The van der Waals surface area contributed by atoms with Crippen LogP contribution >= 0.6 is 0 Å². The summed E-state index contributed by atoms with van der Waals surface area (Å²) >= 11 is 0. The smallest absolute Gasteiger partial charge is 0.263 e. The lowest BCUT2D eigenvalue weighted by atomic mass is 9.98. The second kappa shape index (κ2) is 4.90. The first kappa shape index (κ1) is 12.1. The van der Waals surface area contributed by atoms with E-state index in [9.17, 15) is 8.78 Å². The molecule has 1 fully saturated rings. The molecule has 0 saturated carbocycles. The van der Waals surface area contributed by atoms with Gasteiger partial charge in [-0.3, -0.25) is 0 Å². The van der Waals surface area contributed by atoms with Crippen LogP contribution in [-0.4, -0.2) is 13.1 Å². The number of halogens is 2. The van der Waals surface area contributed by atoms with Crippen molar-refractivity contribution in [2.45, 2.75) is 26.2 Å². The fourth-order valence-corrected chi connectivity index (χ4v) is 2.23. The molecule has 1 heterocycles. The van der Waals surface area contributed by atoms with Crippen molar-refractivity contribution in [1.29, 1.82) is 0 Å². The molecule has 1 aromatic carbocycles.